The maximum absolute atomic E-state index is 12.2. The minimum absolute atomic E-state index is 0.0378. The number of aromatic nitrogens is 1. The Hall–Kier alpha value is -1.68. The first-order valence-electron chi connectivity index (χ1n) is 5.55. The second-order valence-electron chi connectivity index (χ2n) is 3.91. The van der Waals surface area contributed by atoms with Gasteiger partial charge in [0.1, 0.15) is 0 Å². The molecule has 0 radical (unpaired) electrons. The van der Waals surface area contributed by atoms with Crippen LogP contribution < -0.4 is 4.90 Å². The zero-order valence-corrected chi connectivity index (χ0v) is 11.6. The van der Waals surface area contributed by atoms with Crippen molar-refractivity contribution < 1.29 is 4.79 Å². The highest BCUT2D eigenvalue weighted by atomic mass is 79.9. The highest BCUT2D eigenvalue weighted by Gasteiger charge is 2.12. The van der Waals surface area contributed by atoms with Gasteiger partial charge < -0.3 is 4.90 Å². The van der Waals surface area contributed by atoms with E-state index in [4.69, 9.17) is 0 Å². The molecular formula is C14H13BrN2O. The average Bonchev–Trinajstić information content (AvgIpc) is 2.47. The fraction of sp³-hybridized carbons (Fsp3) is 0.143. The first-order chi connectivity index (χ1) is 8.72. The lowest BCUT2D eigenvalue weighted by atomic mass is 10.1. The third-order valence-corrected chi connectivity index (χ3v) is 3.34. The molecule has 0 saturated carbocycles. The van der Waals surface area contributed by atoms with Crippen molar-refractivity contribution in [2.24, 2.45) is 0 Å². The Balaban J connectivity index is 2.20. The van der Waals surface area contributed by atoms with Gasteiger partial charge in [-0.15, -0.1) is 0 Å². The summed E-state index contributed by atoms with van der Waals surface area (Å²) in [6.07, 6.45) is 3.36. The van der Waals surface area contributed by atoms with Crippen LogP contribution in [0, 0.1) is 0 Å². The summed E-state index contributed by atoms with van der Waals surface area (Å²) >= 11 is 3.38. The minimum atomic E-state index is -0.0378. The predicted molar refractivity (Wildman–Crippen MR) is 76.0 cm³/mol. The van der Waals surface area contributed by atoms with Gasteiger partial charge in [0.15, 0.2) is 0 Å². The number of pyridine rings is 1. The number of amides is 1. The third kappa shape index (κ3) is 2.76. The maximum Gasteiger partial charge on any atom is 0.258 e. The number of hydrogen-bond acceptors (Lipinski definition) is 2. The van der Waals surface area contributed by atoms with Crippen LogP contribution in [-0.4, -0.2) is 17.9 Å². The first kappa shape index (κ1) is 12.8. The van der Waals surface area contributed by atoms with E-state index in [2.05, 4.69) is 20.9 Å². The monoisotopic (exact) mass is 304 g/mol. The molecule has 0 unspecified atom stereocenters. The molecule has 0 spiro atoms. The van der Waals surface area contributed by atoms with Crippen LogP contribution in [-0.2, 0) is 5.33 Å². The van der Waals surface area contributed by atoms with E-state index in [1.165, 1.54) is 0 Å². The van der Waals surface area contributed by atoms with Crippen molar-refractivity contribution in [3.63, 3.8) is 0 Å². The van der Waals surface area contributed by atoms with Gasteiger partial charge in [0.05, 0.1) is 11.9 Å². The van der Waals surface area contributed by atoms with Crippen molar-refractivity contribution in [1.29, 1.82) is 0 Å². The molecule has 0 aliphatic rings. The summed E-state index contributed by atoms with van der Waals surface area (Å²) in [5, 5.41) is 0.792. The Morgan fingerprint density at radius 1 is 1.28 bits per heavy atom. The van der Waals surface area contributed by atoms with Crippen molar-refractivity contribution in [3.8, 4) is 0 Å². The van der Waals surface area contributed by atoms with Gasteiger partial charge in [-0.2, -0.15) is 0 Å². The topological polar surface area (TPSA) is 33.2 Å². The molecule has 4 heteroatoms. The summed E-state index contributed by atoms with van der Waals surface area (Å²) in [7, 11) is 1.75. The van der Waals surface area contributed by atoms with Gasteiger partial charge in [-0.25, -0.2) is 0 Å². The van der Waals surface area contributed by atoms with Crippen molar-refractivity contribution >= 4 is 27.5 Å². The minimum Gasteiger partial charge on any atom is -0.310 e. The molecule has 0 aliphatic heterocycles. The van der Waals surface area contributed by atoms with Gasteiger partial charge in [-0.1, -0.05) is 28.1 Å². The molecule has 1 aromatic heterocycles. The standard InChI is InChI=1S/C14H13BrN2O/c1-17(13-3-2-8-16-10-13)14(18)12-6-4-11(9-15)5-7-12/h2-8,10H,9H2,1H3. The quantitative estimate of drug-likeness (QED) is 0.816. The molecule has 2 rings (SSSR count). The molecule has 0 aliphatic carbocycles. The van der Waals surface area contributed by atoms with Gasteiger partial charge >= 0.3 is 0 Å². The van der Waals surface area contributed by atoms with E-state index >= 15 is 0 Å². The Morgan fingerprint density at radius 2 is 2.00 bits per heavy atom. The number of anilines is 1. The molecule has 0 N–H and O–H groups in total. The van der Waals surface area contributed by atoms with Crippen LogP contribution >= 0.6 is 15.9 Å². The zero-order chi connectivity index (χ0) is 13.0. The van der Waals surface area contributed by atoms with Gasteiger partial charge in [-0.3, -0.25) is 9.78 Å². The summed E-state index contributed by atoms with van der Waals surface area (Å²) in [4.78, 5) is 17.8. The molecule has 0 bridgehead atoms. The summed E-state index contributed by atoms with van der Waals surface area (Å²) in [5.74, 6) is -0.0378. The molecule has 0 saturated heterocycles. The summed E-state index contributed by atoms with van der Waals surface area (Å²) in [6, 6.07) is 11.2. The number of nitrogens with zero attached hydrogens (tertiary/aromatic N) is 2. The van der Waals surface area contributed by atoms with E-state index < -0.39 is 0 Å². The number of halogens is 1. The lowest BCUT2D eigenvalue weighted by molar-refractivity contribution is 0.0993. The largest absolute Gasteiger partial charge is 0.310 e. The molecule has 1 aromatic carbocycles. The highest BCUT2D eigenvalue weighted by Crippen LogP contribution is 2.15. The summed E-state index contributed by atoms with van der Waals surface area (Å²) < 4.78 is 0. The third-order valence-electron chi connectivity index (χ3n) is 2.69. The van der Waals surface area contributed by atoms with E-state index in [1.807, 2.05) is 36.4 Å². The van der Waals surface area contributed by atoms with E-state index in [-0.39, 0.29) is 5.91 Å². The van der Waals surface area contributed by atoms with Crippen LogP contribution in [0.5, 0.6) is 0 Å². The molecule has 2 aromatic rings. The SMILES string of the molecule is CN(C(=O)c1ccc(CBr)cc1)c1cccnc1. The highest BCUT2D eigenvalue weighted by molar-refractivity contribution is 9.08. The lowest BCUT2D eigenvalue weighted by Crippen LogP contribution is -2.26. The van der Waals surface area contributed by atoms with Crippen LogP contribution in [0.25, 0.3) is 0 Å². The second-order valence-corrected chi connectivity index (χ2v) is 4.47. The Bertz CT molecular complexity index is 525. The number of hydrogen-bond donors (Lipinski definition) is 0. The number of rotatable bonds is 3. The number of carbonyl (C=O) groups excluding carboxylic acids is 1. The molecule has 0 fully saturated rings. The maximum atomic E-state index is 12.2. The summed E-state index contributed by atoms with van der Waals surface area (Å²) in [5.41, 5.74) is 2.61. The van der Waals surface area contributed by atoms with Crippen molar-refractivity contribution in [2.45, 2.75) is 5.33 Å². The van der Waals surface area contributed by atoms with Crippen LogP contribution in [0.3, 0.4) is 0 Å². The molecule has 1 amide bonds. The van der Waals surface area contributed by atoms with Crippen LogP contribution in [0.2, 0.25) is 0 Å². The Morgan fingerprint density at radius 3 is 2.56 bits per heavy atom. The van der Waals surface area contributed by atoms with E-state index in [9.17, 15) is 4.79 Å². The molecule has 3 nitrogen and oxygen atoms in total. The van der Waals surface area contributed by atoms with Crippen molar-refractivity contribution in [2.75, 3.05) is 11.9 Å². The van der Waals surface area contributed by atoms with E-state index in [0.717, 1.165) is 16.6 Å². The Kier molecular flexibility index (Phi) is 4.10. The normalized spacial score (nSPS) is 10.1. The second kappa shape index (κ2) is 5.78. The van der Waals surface area contributed by atoms with E-state index in [1.54, 1.807) is 24.3 Å². The first-order valence-corrected chi connectivity index (χ1v) is 6.67. The van der Waals surface area contributed by atoms with Crippen LogP contribution in [0.15, 0.2) is 48.8 Å². The zero-order valence-electron chi connectivity index (χ0n) is 10.0. The fourth-order valence-corrected chi connectivity index (χ4v) is 1.97. The van der Waals surface area contributed by atoms with Gasteiger partial charge in [0.25, 0.3) is 5.91 Å². The van der Waals surface area contributed by atoms with Gasteiger partial charge in [0.2, 0.25) is 0 Å². The fourth-order valence-electron chi connectivity index (χ4n) is 1.60. The van der Waals surface area contributed by atoms with Crippen molar-refractivity contribution in [3.05, 3.63) is 59.9 Å². The molecule has 1 heterocycles. The lowest BCUT2D eigenvalue weighted by Gasteiger charge is -2.16. The van der Waals surface area contributed by atoms with Crippen LogP contribution in [0.1, 0.15) is 15.9 Å². The number of carbonyl (C=O) groups is 1. The molecule has 18 heavy (non-hydrogen) atoms. The number of benzene rings is 1. The van der Waals surface area contributed by atoms with Crippen LogP contribution in [0.4, 0.5) is 5.69 Å². The number of alkyl halides is 1. The molecule has 0 atom stereocenters. The summed E-state index contributed by atoms with van der Waals surface area (Å²) in [6.45, 7) is 0. The Labute approximate surface area is 115 Å². The van der Waals surface area contributed by atoms with Gasteiger partial charge in [-0.05, 0) is 29.8 Å². The average molecular weight is 305 g/mol. The van der Waals surface area contributed by atoms with E-state index in [0.29, 0.717) is 5.56 Å². The van der Waals surface area contributed by atoms with Crippen molar-refractivity contribution in [1.82, 2.24) is 4.98 Å². The predicted octanol–water partition coefficient (Wildman–Crippen LogP) is 3.25. The van der Waals surface area contributed by atoms with Gasteiger partial charge in [0, 0.05) is 24.1 Å². The smallest absolute Gasteiger partial charge is 0.258 e. The molecular weight excluding hydrogens is 292 g/mol. The molecule has 92 valence electrons.